The molecule has 0 fully saturated rings. The van der Waals surface area contributed by atoms with Crippen molar-refractivity contribution in [1.82, 2.24) is 14.5 Å². The van der Waals surface area contributed by atoms with Crippen LogP contribution in [0.15, 0.2) is 180 Å². The Balaban J connectivity index is 1.31. The Labute approximate surface area is 288 Å². The van der Waals surface area contributed by atoms with Crippen LogP contribution in [0.2, 0.25) is 0 Å². The van der Waals surface area contributed by atoms with Crippen LogP contribution in [0.1, 0.15) is 0 Å². The highest BCUT2D eigenvalue weighted by Gasteiger charge is 2.23. The van der Waals surface area contributed by atoms with Crippen LogP contribution >= 0.6 is 0 Å². The minimum atomic E-state index is 0.653. The lowest BCUT2D eigenvalue weighted by atomic mass is 9.97. The van der Waals surface area contributed by atoms with E-state index < -0.39 is 0 Å². The number of benzene rings is 7. The van der Waals surface area contributed by atoms with Gasteiger partial charge in [-0.1, -0.05) is 140 Å². The number of furan rings is 1. The quantitative estimate of drug-likeness (QED) is 0.188. The fraction of sp³-hybridized carbons (Fsp3) is 0. The van der Waals surface area contributed by atoms with E-state index in [9.17, 15) is 0 Å². The molecule has 234 valence electrons. The van der Waals surface area contributed by atoms with Crippen molar-refractivity contribution in [2.75, 3.05) is 0 Å². The lowest BCUT2D eigenvalue weighted by molar-refractivity contribution is 0.667. The Morgan fingerprint density at radius 1 is 0.400 bits per heavy atom. The van der Waals surface area contributed by atoms with Gasteiger partial charge in [0.25, 0.3) is 0 Å². The molecule has 10 rings (SSSR count). The van der Waals surface area contributed by atoms with E-state index in [0.29, 0.717) is 5.82 Å². The molecule has 3 heterocycles. The maximum Gasteiger partial charge on any atom is 0.161 e. The minimum Gasteiger partial charge on any atom is -0.453 e. The summed E-state index contributed by atoms with van der Waals surface area (Å²) in [6.07, 6.45) is 0. The Morgan fingerprint density at radius 2 is 0.900 bits per heavy atom. The first-order valence-corrected chi connectivity index (χ1v) is 16.8. The molecule has 0 spiro atoms. The number of hydrogen-bond donors (Lipinski definition) is 0. The van der Waals surface area contributed by atoms with Crippen LogP contribution in [-0.4, -0.2) is 14.5 Å². The summed E-state index contributed by atoms with van der Waals surface area (Å²) in [6, 6.07) is 61.1. The summed E-state index contributed by atoms with van der Waals surface area (Å²) < 4.78 is 9.44. The van der Waals surface area contributed by atoms with Gasteiger partial charge in [-0.05, 0) is 42.0 Å². The van der Waals surface area contributed by atoms with Gasteiger partial charge in [0.1, 0.15) is 5.58 Å². The molecule has 4 heteroatoms. The molecule has 0 unspecified atom stereocenters. The Hall–Kier alpha value is -6.78. The maximum absolute atomic E-state index is 7.11. The molecule has 0 radical (unpaired) electrons. The van der Waals surface area contributed by atoms with Crippen LogP contribution < -0.4 is 0 Å². The van der Waals surface area contributed by atoms with Crippen LogP contribution in [0, 0.1) is 0 Å². The van der Waals surface area contributed by atoms with E-state index in [1.165, 1.54) is 10.8 Å². The average Bonchev–Trinajstić information content (AvgIpc) is 3.75. The molecule has 50 heavy (non-hydrogen) atoms. The summed E-state index contributed by atoms with van der Waals surface area (Å²) in [6.45, 7) is 0. The molecule has 10 aromatic rings. The molecule has 0 aliphatic rings. The summed E-state index contributed by atoms with van der Waals surface area (Å²) in [5, 5.41) is 4.43. The molecule has 0 amide bonds. The SMILES string of the molecule is c1ccc(-c2cc(-c3ccccc3)nc(-c3ccc(-c4ccccc4)c4oc5c(-n6c7ccccc7c7ccccc76)cccc5c34)n2)cc1. The number of fused-ring (bicyclic) bond motifs is 6. The number of hydrogen-bond acceptors (Lipinski definition) is 3. The molecule has 0 bridgehead atoms. The number of para-hydroxylation sites is 3. The Kier molecular flexibility index (Phi) is 6.46. The molecule has 0 N–H and O–H groups in total. The van der Waals surface area contributed by atoms with Crippen LogP contribution in [0.5, 0.6) is 0 Å². The first kappa shape index (κ1) is 28.3. The fourth-order valence-electron chi connectivity index (χ4n) is 7.36. The highest BCUT2D eigenvalue weighted by molar-refractivity contribution is 6.18. The van der Waals surface area contributed by atoms with E-state index in [1.807, 2.05) is 42.5 Å². The number of nitrogens with zero attached hydrogens (tertiary/aromatic N) is 3. The van der Waals surface area contributed by atoms with Gasteiger partial charge in [-0.2, -0.15) is 0 Å². The van der Waals surface area contributed by atoms with Gasteiger partial charge in [0.05, 0.1) is 28.1 Å². The van der Waals surface area contributed by atoms with Gasteiger partial charge in [-0.15, -0.1) is 0 Å². The first-order valence-electron chi connectivity index (χ1n) is 16.8. The fourth-order valence-corrected chi connectivity index (χ4v) is 7.36. The smallest absolute Gasteiger partial charge is 0.161 e. The lowest BCUT2D eigenvalue weighted by Crippen LogP contribution is -1.97. The molecule has 0 saturated carbocycles. The van der Waals surface area contributed by atoms with Crippen molar-refractivity contribution in [1.29, 1.82) is 0 Å². The largest absolute Gasteiger partial charge is 0.453 e. The minimum absolute atomic E-state index is 0.653. The summed E-state index contributed by atoms with van der Waals surface area (Å²) in [7, 11) is 0. The predicted molar refractivity (Wildman–Crippen MR) is 205 cm³/mol. The molecule has 0 aliphatic heterocycles. The second kappa shape index (κ2) is 11.4. The van der Waals surface area contributed by atoms with Crippen molar-refractivity contribution in [2.24, 2.45) is 0 Å². The number of aromatic nitrogens is 3. The van der Waals surface area contributed by atoms with Crippen molar-refractivity contribution in [2.45, 2.75) is 0 Å². The first-order chi connectivity index (χ1) is 24.8. The van der Waals surface area contributed by atoms with Gasteiger partial charge in [0.15, 0.2) is 11.4 Å². The third-order valence-corrected chi connectivity index (χ3v) is 9.64. The van der Waals surface area contributed by atoms with Crippen LogP contribution in [0.4, 0.5) is 0 Å². The summed E-state index contributed by atoms with van der Waals surface area (Å²) >= 11 is 0. The van der Waals surface area contributed by atoms with Crippen molar-refractivity contribution >= 4 is 43.7 Å². The number of rotatable bonds is 5. The van der Waals surface area contributed by atoms with E-state index in [4.69, 9.17) is 14.4 Å². The van der Waals surface area contributed by atoms with Crippen molar-refractivity contribution in [3.8, 4) is 50.7 Å². The lowest BCUT2D eigenvalue weighted by Gasteiger charge is -2.11. The summed E-state index contributed by atoms with van der Waals surface area (Å²) in [5.41, 5.74) is 11.7. The molecule has 4 nitrogen and oxygen atoms in total. The van der Waals surface area contributed by atoms with Gasteiger partial charge in [-0.3, -0.25) is 0 Å². The molecule has 0 atom stereocenters. The third-order valence-electron chi connectivity index (χ3n) is 9.64. The van der Waals surface area contributed by atoms with Gasteiger partial charge in [0, 0.05) is 43.8 Å². The standard InChI is InChI=1S/C46H29N3O/c1-4-15-30(16-5-1)33-27-28-37(46-47-38(31-17-6-2-7-18-31)29-39(48-46)32-19-8-3-9-20-32)43-36-23-14-26-42(44(36)50-45(33)43)49-40-24-12-10-21-34(40)35-22-11-13-25-41(35)49/h1-29H. The second-order valence-electron chi connectivity index (χ2n) is 12.6. The molecular formula is C46H29N3O. The molecule has 3 aromatic heterocycles. The highest BCUT2D eigenvalue weighted by atomic mass is 16.3. The second-order valence-corrected chi connectivity index (χ2v) is 12.6. The zero-order valence-electron chi connectivity index (χ0n) is 27.0. The van der Waals surface area contributed by atoms with Crippen LogP contribution in [-0.2, 0) is 0 Å². The van der Waals surface area contributed by atoms with E-state index in [2.05, 4.69) is 138 Å². The molecule has 0 aliphatic carbocycles. The highest BCUT2D eigenvalue weighted by Crippen LogP contribution is 2.44. The van der Waals surface area contributed by atoms with Gasteiger partial charge >= 0.3 is 0 Å². The monoisotopic (exact) mass is 639 g/mol. The van der Waals surface area contributed by atoms with Crippen LogP contribution in [0.3, 0.4) is 0 Å². The third kappa shape index (κ3) is 4.46. The van der Waals surface area contributed by atoms with Gasteiger partial charge < -0.3 is 8.98 Å². The van der Waals surface area contributed by atoms with E-state index in [0.717, 1.165) is 77.9 Å². The van der Waals surface area contributed by atoms with E-state index >= 15 is 0 Å². The average molecular weight is 640 g/mol. The Morgan fingerprint density at radius 3 is 1.50 bits per heavy atom. The van der Waals surface area contributed by atoms with Crippen molar-refractivity contribution < 1.29 is 4.42 Å². The topological polar surface area (TPSA) is 43.9 Å². The molecular weight excluding hydrogens is 611 g/mol. The van der Waals surface area contributed by atoms with Gasteiger partial charge in [-0.25, -0.2) is 9.97 Å². The Bertz CT molecular complexity index is 2740. The zero-order valence-corrected chi connectivity index (χ0v) is 27.0. The van der Waals surface area contributed by atoms with Crippen molar-refractivity contribution in [3.63, 3.8) is 0 Å². The normalized spacial score (nSPS) is 11.6. The van der Waals surface area contributed by atoms with Crippen LogP contribution in [0.25, 0.3) is 94.5 Å². The van der Waals surface area contributed by atoms with Crippen molar-refractivity contribution in [3.05, 3.63) is 176 Å². The summed E-state index contributed by atoms with van der Waals surface area (Å²) in [5.74, 6) is 0.653. The molecule has 7 aromatic carbocycles. The maximum atomic E-state index is 7.11. The summed E-state index contributed by atoms with van der Waals surface area (Å²) in [4.78, 5) is 10.5. The van der Waals surface area contributed by atoms with E-state index in [-0.39, 0.29) is 0 Å². The molecule has 0 saturated heterocycles. The van der Waals surface area contributed by atoms with Gasteiger partial charge in [0.2, 0.25) is 0 Å². The zero-order chi connectivity index (χ0) is 33.0. The predicted octanol–water partition coefficient (Wildman–Crippen LogP) is 12.1. The van der Waals surface area contributed by atoms with E-state index in [1.54, 1.807) is 0 Å².